The van der Waals surface area contributed by atoms with Crippen LogP contribution >= 0.6 is 28.3 Å². The van der Waals surface area contributed by atoms with Crippen LogP contribution in [0.5, 0.6) is 5.75 Å². The Bertz CT molecular complexity index is 1650. The number of nitrogens with zero attached hydrogens (tertiary/aromatic N) is 2. The summed E-state index contributed by atoms with van der Waals surface area (Å²) < 4.78 is 31.0. The molecule has 1 unspecified atom stereocenters. The molecule has 10 nitrogen and oxygen atoms in total. The quantitative estimate of drug-likeness (QED) is 0.329. The molecule has 232 valence electrons. The van der Waals surface area contributed by atoms with Crippen molar-refractivity contribution in [3.05, 3.63) is 64.6 Å². The highest BCUT2D eigenvalue weighted by Gasteiger charge is 2.51. The Balaban J connectivity index is 0.00000506. The molecule has 4 rings (SSSR count). The van der Waals surface area contributed by atoms with Gasteiger partial charge in [0.05, 0.1) is 30.9 Å². The van der Waals surface area contributed by atoms with Crippen molar-refractivity contribution < 1.29 is 27.5 Å². The van der Waals surface area contributed by atoms with E-state index in [4.69, 9.17) is 10.5 Å². The first-order valence-electron chi connectivity index (χ1n) is 13.6. The van der Waals surface area contributed by atoms with Gasteiger partial charge in [0.25, 0.3) is 0 Å². The first kappa shape index (κ1) is 34.3. The summed E-state index contributed by atoms with van der Waals surface area (Å²) in [6, 6.07) is 16.3. The van der Waals surface area contributed by atoms with E-state index in [0.29, 0.717) is 23.7 Å². The maximum Gasteiger partial charge on any atom is 0.242 e. The van der Waals surface area contributed by atoms with Gasteiger partial charge in [-0.2, -0.15) is 0 Å². The molecule has 3 N–H and O–H groups in total. The number of rotatable bonds is 10. The molecule has 0 bridgehead atoms. The largest absolute Gasteiger partial charge is 0.496 e. The third-order valence-electron chi connectivity index (χ3n) is 7.78. The van der Waals surface area contributed by atoms with Crippen LogP contribution in [-0.2, 0) is 30.8 Å². The second kappa shape index (κ2) is 13.6. The second-order valence-corrected chi connectivity index (χ2v) is 13.3. The summed E-state index contributed by atoms with van der Waals surface area (Å²) >= 11 is 3.60. The molecule has 3 amide bonds. The number of amides is 3. The number of carbonyl (C=O) groups excluding carboxylic acids is 3. The van der Waals surface area contributed by atoms with Crippen LogP contribution in [-0.4, -0.2) is 63.9 Å². The number of para-hydroxylation sites is 2. The van der Waals surface area contributed by atoms with Crippen molar-refractivity contribution >= 4 is 78.0 Å². The fourth-order valence-electron chi connectivity index (χ4n) is 5.77. The van der Waals surface area contributed by atoms with Crippen molar-refractivity contribution in [3.8, 4) is 5.75 Å². The summed E-state index contributed by atoms with van der Waals surface area (Å²) in [7, 11) is -2.15. The predicted octanol–water partition coefficient (Wildman–Crippen LogP) is 3.82. The minimum atomic E-state index is -3.70. The number of fused-ring (bicyclic) bond motifs is 2. The Morgan fingerprint density at radius 3 is 2.33 bits per heavy atom. The van der Waals surface area contributed by atoms with E-state index < -0.39 is 44.8 Å². The van der Waals surface area contributed by atoms with Crippen molar-refractivity contribution in [3.63, 3.8) is 0 Å². The van der Waals surface area contributed by atoms with Gasteiger partial charge in [-0.15, -0.1) is 12.4 Å². The molecule has 0 spiro atoms. The number of hydrogen-bond donors (Lipinski definition) is 2. The zero-order valence-electron chi connectivity index (χ0n) is 24.4. The molecule has 3 aromatic rings. The van der Waals surface area contributed by atoms with Crippen molar-refractivity contribution in [1.29, 1.82) is 0 Å². The second-order valence-electron chi connectivity index (χ2n) is 10.3. The average Bonchev–Trinajstić information content (AvgIpc) is 3.06. The Morgan fingerprint density at radius 2 is 1.74 bits per heavy atom. The van der Waals surface area contributed by atoms with E-state index in [0.717, 1.165) is 27.1 Å². The van der Waals surface area contributed by atoms with Crippen LogP contribution in [0.4, 0.5) is 11.4 Å². The van der Waals surface area contributed by atoms with Gasteiger partial charge in [-0.3, -0.25) is 14.4 Å². The predicted molar refractivity (Wildman–Crippen MR) is 175 cm³/mol. The Morgan fingerprint density at radius 1 is 1.07 bits per heavy atom. The van der Waals surface area contributed by atoms with Gasteiger partial charge in [0, 0.05) is 22.8 Å². The lowest BCUT2D eigenvalue weighted by Gasteiger charge is -2.39. The van der Waals surface area contributed by atoms with E-state index in [1.54, 1.807) is 45.2 Å². The zero-order valence-corrected chi connectivity index (χ0v) is 27.6. The van der Waals surface area contributed by atoms with E-state index in [1.165, 1.54) is 9.80 Å². The summed E-state index contributed by atoms with van der Waals surface area (Å²) in [5, 5.41) is 4.91. The molecule has 0 aliphatic carbocycles. The first-order valence-corrected chi connectivity index (χ1v) is 16.4. The number of primary amides is 1. The minimum Gasteiger partial charge on any atom is -0.496 e. The summed E-state index contributed by atoms with van der Waals surface area (Å²) in [6.45, 7) is 3.67. The van der Waals surface area contributed by atoms with Gasteiger partial charge < -0.3 is 25.6 Å². The number of anilines is 2. The average molecular weight is 696 g/mol. The van der Waals surface area contributed by atoms with E-state index in [-0.39, 0.29) is 31.9 Å². The third-order valence-corrected chi connectivity index (χ3v) is 9.24. The van der Waals surface area contributed by atoms with Gasteiger partial charge in [-0.05, 0) is 54.1 Å². The highest BCUT2D eigenvalue weighted by atomic mass is 79.9. The van der Waals surface area contributed by atoms with Crippen molar-refractivity contribution in [2.45, 2.75) is 32.4 Å². The van der Waals surface area contributed by atoms with E-state index in [2.05, 4.69) is 21.2 Å². The molecule has 43 heavy (non-hydrogen) atoms. The van der Waals surface area contributed by atoms with Gasteiger partial charge in [0.2, 0.25) is 17.7 Å². The van der Waals surface area contributed by atoms with Gasteiger partial charge >= 0.3 is 0 Å². The van der Waals surface area contributed by atoms with Gasteiger partial charge in [0.15, 0.2) is 9.84 Å². The lowest BCUT2D eigenvalue weighted by molar-refractivity contribution is -0.135. The number of ether oxygens (including phenoxy) is 1. The number of nitrogens with two attached hydrogens (primary N) is 1. The molecule has 0 saturated heterocycles. The molecule has 3 aromatic carbocycles. The van der Waals surface area contributed by atoms with Crippen LogP contribution in [0.1, 0.15) is 25.8 Å². The number of carbonyl (C=O) groups is 3. The van der Waals surface area contributed by atoms with Crippen molar-refractivity contribution in [1.82, 2.24) is 5.32 Å². The highest BCUT2D eigenvalue weighted by Crippen LogP contribution is 2.41. The van der Waals surface area contributed by atoms with E-state index >= 15 is 0 Å². The van der Waals surface area contributed by atoms with Gasteiger partial charge in [-0.1, -0.05) is 54.0 Å². The lowest BCUT2D eigenvalue weighted by Crippen LogP contribution is -2.65. The third kappa shape index (κ3) is 6.67. The summed E-state index contributed by atoms with van der Waals surface area (Å²) in [6.07, 6.45) is 1.14. The highest BCUT2D eigenvalue weighted by molar-refractivity contribution is 9.10. The fourth-order valence-corrected chi connectivity index (χ4v) is 6.87. The van der Waals surface area contributed by atoms with Gasteiger partial charge in [0.1, 0.15) is 17.0 Å². The number of benzene rings is 3. The summed E-state index contributed by atoms with van der Waals surface area (Å²) in [5.74, 6) is -3.22. The molecule has 1 aliphatic heterocycles. The standard InChI is InChI=1S/C30H35BrN4O6S.ClH/c1-5-30(29(32)38,33-6-2)22-17-34(27(36)18-42(4,39)40)24-12-7-8-13-25(24)35(28(22)37)16-21-19-10-9-11-23(31)20(19)14-15-26(21)41-3;/h7-15,22,33H,5-6,16-18H2,1-4H3,(H2,32,38);1H/t22-,30?;/m1./s1. The molecule has 0 radical (unpaired) electrons. The number of sulfone groups is 1. The first-order chi connectivity index (χ1) is 19.9. The SMILES string of the molecule is CCNC(CC)(C(N)=O)[C@@H]1CN(C(=O)CS(C)(=O)=O)c2ccccc2N(Cc2c(OC)ccc3c(Br)cccc23)C1=O.Cl. The topological polar surface area (TPSA) is 139 Å². The Labute approximate surface area is 266 Å². The molecular formula is C30H36BrClN4O6S. The smallest absolute Gasteiger partial charge is 0.242 e. The van der Waals surface area contributed by atoms with E-state index in [9.17, 15) is 22.8 Å². The zero-order chi connectivity index (χ0) is 30.8. The molecule has 0 saturated carbocycles. The molecule has 0 fully saturated rings. The summed E-state index contributed by atoms with van der Waals surface area (Å²) in [5.41, 5.74) is 5.94. The number of methoxy groups -OCH3 is 1. The number of hydrogen-bond acceptors (Lipinski definition) is 7. The number of likely N-dealkylation sites (N-methyl/N-ethyl adjacent to an activating group) is 1. The fraction of sp³-hybridized carbons (Fsp3) is 0.367. The molecule has 0 aromatic heterocycles. The number of halogens is 2. The van der Waals surface area contributed by atoms with Crippen LogP contribution in [0.25, 0.3) is 10.8 Å². The van der Waals surface area contributed by atoms with Crippen LogP contribution in [0.15, 0.2) is 59.1 Å². The normalized spacial score (nSPS) is 16.6. The molecule has 1 heterocycles. The van der Waals surface area contributed by atoms with Crippen LogP contribution in [0.2, 0.25) is 0 Å². The maximum atomic E-state index is 14.7. The summed E-state index contributed by atoms with van der Waals surface area (Å²) in [4.78, 5) is 44.2. The van der Waals surface area contributed by atoms with E-state index in [1.807, 2.05) is 30.3 Å². The molecular weight excluding hydrogens is 660 g/mol. The minimum absolute atomic E-state index is 0. The molecule has 2 atom stereocenters. The Kier molecular flexibility index (Phi) is 10.9. The van der Waals surface area contributed by atoms with Crippen molar-refractivity contribution in [2.75, 3.05) is 42.0 Å². The molecule has 1 aliphatic rings. The molecule has 13 heteroatoms. The monoisotopic (exact) mass is 694 g/mol. The van der Waals surface area contributed by atoms with Crippen LogP contribution in [0.3, 0.4) is 0 Å². The van der Waals surface area contributed by atoms with Crippen molar-refractivity contribution in [2.24, 2.45) is 11.7 Å². The lowest BCUT2D eigenvalue weighted by atomic mass is 9.79. The van der Waals surface area contributed by atoms with Crippen LogP contribution < -0.4 is 25.6 Å². The van der Waals surface area contributed by atoms with Gasteiger partial charge in [-0.25, -0.2) is 8.42 Å². The Hall–Kier alpha value is -3.19. The number of nitrogens with one attached hydrogen (secondary N) is 1. The van der Waals surface area contributed by atoms with Crippen LogP contribution in [0, 0.1) is 5.92 Å². The maximum absolute atomic E-state index is 14.7.